The molecule has 0 fully saturated rings. The molecule has 0 bridgehead atoms. The van der Waals surface area contributed by atoms with Gasteiger partial charge >= 0.3 is 0 Å². The van der Waals surface area contributed by atoms with E-state index in [2.05, 4.69) is 68.6 Å². The molecular formula is C41H48IrNO3S2-. The summed E-state index contributed by atoms with van der Waals surface area (Å²) < 4.78 is 9.66. The average molecular weight is 859 g/mol. The number of carbonyl (C=O) groups is 1. The Bertz CT molecular complexity index is 2100. The molecule has 257 valence electrons. The number of aliphatic hydroxyl groups excluding tert-OH is 1. The molecular weight excluding hydrogens is 811 g/mol. The van der Waals surface area contributed by atoms with Crippen molar-refractivity contribution >= 4 is 69.7 Å². The van der Waals surface area contributed by atoms with Gasteiger partial charge in [0, 0.05) is 63.7 Å². The number of ketones is 1. The molecule has 7 heteroatoms. The summed E-state index contributed by atoms with van der Waals surface area (Å²) in [5, 5.41) is 17.1. The first-order valence-electron chi connectivity index (χ1n) is 16.8. The Balaban J connectivity index is 0.000000251. The van der Waals surface area contributed by atoms with E-state index in [1.165, 1.54) is 41.9 Å². The quantitative estimate of drug-likeness (QED) is 0.0941. The number of benzene rings is 2. The van der Waals surface area contributed by atoms with Crippen molar-refractivity contribution in [1.82, 2.24) is 4.98 Å². The Hall–Kier alpha value is -2.83. The van der Waals surface area contributed by atoms with Gasteiger partial charge in [-0.25, -0.2) is 0 Å². The number of rotatable bonds is 8. The second-order valence-electron chi connectivity index (χ2n) is 14.3. The molecule has 0 atom stereocenters. The van der Waals surface area contributed by atoms with Gasteiger partial charge in [0.1, 0.15) is 17.1 Å². The maximum atomic E-state index is 12.2. The fourth-order valence-corrected chi connectivity index (χ4v) is 8.16. The van der Waals surface area contributed by atoms with E-state index in [9.17, 15) is 9.90 Å². The van der Waals surface area contributed by atoms with Crippen LogP contribution in [-0.4, -0.2) is 15.9 Å². The van der Waals surface area contributed by atoms with Gasteiger partial charge in [-0.2, -0.15) is 11.3 Å². The van der Waals surface area contributed by atoms with Gasteiger partial charge < -0.3 is 9.52 Å². The van der Waals surface area contributed by atoms with Gasteiger partial charge in [-0.15, -0.1) is 34.9 Å². The first kappa shape index (κ1) is 38.0. The summed E-state index contributed by atoms with van der Waals surface area (Å²) in [6.07, 6.45) is 6.67. The molecule has 4 nitrogen and oxygen atoms in total. The Morgan fingerprint density at radius 1 is 0.938 bits per heavy atom. The van der Waals surface area contributed by atoms with Crippen molar-refractivity contribution in [2.45, 2.75) is 100 Å². The smallest absolute Gasteiger partial charge is 0.164 e. The summed E-state index contributed by atoms with van der Waals surface area (Å²) in [5.41, 5.74) is 3.83. The van der Waals surface area contributed by atoms with Crippen molar-refractivity contribution in [2.24, 2.45) is 10.8 Å². The number of thiophene rings is 2. The second-order valence-corrected chi connectivity index (χ2v) is 16.3. The summed E-state index contributed by atoms with van der Waals surface area (Å²) >= 11 is 3.59. The number of hydrogen-bond acceptors (Lipinski definition) is 6. The van der Waals surface area contributed by atoms with E-state index >= 15 is 0 Å². The summed E-state index contributed by atoms with van der Waals surface area (Å²) in [7, 11) is 0. The number of fused-ring (bicyclic) bond motifs is 5. The third kappa shape index (κ3) is 7.21. The molecule has 0 spiro atoms. The number of aromatic nitrogens is 1. The number of aliphatic hydroxyl groups is 1. The molecule has 0 aliphatic carbocycles. The summed E-state index contributed by atoms with van der Waals surface area (Å²) in [5.74, 6) is 1.23. The molecule has 1 radical (unpaired) electrons. The predicted molar refractivity (Wildman–Crippen MR) is 203 cm³/mol. The van der Waals surface area contributed by atoms with Gasteiger partial charge in [-0.05, 0) is 83.1 Å². The monoisotopic (exact) mass is 859 g/mol. The van der Waals surface area contributed by atoms with Crippen LogP contribution in [0.2, 0.25) is 0 Å². The van der Waals surface area contributed by atoms with E-state index in [4.69, 9.17) is 9.40 Å². The predicted octanol–water partition coefficient (Wildman–Crippen LogP) is 13.1. The average Bonchev–Trinajstić information content (AvgIpc) is 3.77. The van der Waals surface area contributed by atoms with E-state index < -0.39 is 0 Å². The van der Waals surface area contributed by atoms with Gasteiger partial charge in [0.2, 0.25) is 0 Å². The van der Waals surface area contributed by atoms with Crippen LogP contribution in [0.25, 0.3) is 52.5 Å². The number of aryl methyl sites for hydroxylation is 1. The van der Waals surface area contributed by atoms with Crippen molar-refractivity contribution in [2.75, 3.05) is 0 Å². The number of furan rings is 1. The van der Waals surface area contributed by atoms with Crippen LogP contribution < -0.4 is 0 Å². The van der Waals surface area contributed by atoms with Crippen LogP contribution in [-0.2, 0) is 30.3 Å². The van der Waals surface area contributed by atoms with E-state index in [0.717, 1.165) is 53.7 Å². The zero-order valence-electron chi connectivity index (χ0n) is 29.9. The van der Waals surface area contributed by atoms with Crippen molar-refractivity contribution in [3.05, 3.63) is 77.2 Å². The van der Waals surface area contributed by atoms with Crippen molar-refractivity contribution in [3.8, 4) is 11.3 Å². The Morgan fingerprint density at radius 2 is 1.60 bits per heavy atom. The van der Waals surface area contributed by atoms with Crippen molar-refractivity contribution in [1.29, 1.82) is 0 Å². The van der Waals surface area contributed by atoms with Gasteiger partial charge in [0.15, 0.2) is 5.78 Å². The maximum Gasteiger partial charge on any atom is 0.164 e. The van der Waals surface area contributed by atoms with Crippen molar-refractivity contribution in [3.63, 3.8) is 0 Å². The van der Waals surface area contributed by atoms with Crippen molar-refractivity contribution < 1.29 is 34.4 Å². The zero-order chi connectivity index (χ0) is 34.3. The minimum absolute atomic E-state index is 0. The molecule has 0 aliphatic rings. The van der Waals surface area contributed by atoms with Crippen LogP contribution in [0.5, 0.6) is 0 Å². The Labute approximate surface area is 307 Å². The number of carbonyl (C=O) groups excluding carboxylic acids is 1. The second kappa shape index (κ2) is 14.6. The van der Waals surface area contributed by atoms with Crippen LogP contribution in [0.1, 0.15) is 99.3 Å². The number of allylic oxidation sites excluding steroid dienone is 2. The Kier molecular flexibility index (Phi) is 11.5. The van der Waals surface area contributed by atoms with E-state index in [1.54, 1.807) is 22.7 Å². The van der Waals surface area contributed by atoms with Gasteiger partial charge in [0.25, 0.3) is 0 Å². The molecule has 0 unspecified atom stereocenters. The van der Waals surface area contributed by atoms with E-state index in [-0.39, 0.29) is 47.9 Å². The molecule has 6 rings (SSSR count). The first-order valence-corrected chi connectivity index (χ1v) is 18.5. The fraction of sp³-hybridized carbons (Fsp3) is 0.415. The standard InChI is InChI=1S/C26H20NOS2.C15H28O2.Ir/c1-14-9-16-11-18-22(13-20(16)28-14)30-21-5-7-27-24(23(18)21)17-10-15-6-8-29-25(15)19(12-17)26(2,3)4;1-7-14(5,8-2)12(16)11-13(17)15(6,9-3)10-4;/h5-9,11-13H,1-4H3;11,16H,7-10H2,1-6H3;/q-1;;/b;12-11-;. The third-order valence-corrected chi connectivity index (χ3v) is 12.3. The van der Waals surface area contributed by atoms with Crippen LogP contribution >= 0.6 is 22.7 Å². The van der Waals surface area contributed by atoms with Crippen LogP contribution in [0.15, 0.2) is 64.2 Å². The molecule has 0 saturated heterocycles. The maximum absolute atomic E-state index is 12.2. The molecule has 2 aromatic carbocycles. The van der Waals surface area contributed by atoms with Crippen LogP contribution in [0, 0.1) is 23.8 Å². The van der Waals surface area contributed by atoms with Crippen LogP contribution in [0.4, 0.5) is 0 Å². The molecule has 4 heterocycles. The van der Waals surface area contributed by atoms with E-state index in [0.29, 0.717) is 0 Å². The molecule has 6 aromatic rings. The molecule has 0 aliphatic heterocycles. The number of hydrogen-bond donors (Lipinski definition) is 1. The van der Waals surface area contributed by atoms with Crippen LogP contribution in [0.3, 0.4) is 0 Å². The molecule has 0 saturated carbocycles. The Morgan fingerprint density at radius 3 is 2.23 bits per heavy atom. The largest absolute Gasteiger partial charge is 0.512 e. The fourth-order valence-electron chi connectivity index (χ4n) is 5.97. The minimum atomic E-state index is -0.337. The molecule has 4 aromatic heterocycles. The van der Waals surface area contributed by atoms with E-state index in [1.807, 2.05) is 54.7 Å². The van der Waals surface area contributed by atoms with Gasteiger partial charge in [-0.3, -0.25) is 9.78 Å². The summed E-state index contributed by atoms with van der Waals surface area (Å²) in [6, 6.07) is 16.8. The summed E-state index contributed by atoms with van der Waals surface area (Å²) in [6.45, 7) is 20.9. The normalized spacial score (nSPS) is 12.8. The zero-order valence-corrected chi connectivity index (χ0v) is 33.9. The third-order valence-electron chi connectivity index (χ3n) is 10.3. The van der Waals surface area contributed by atoms with Gasteiger partial charge in [-0.1, -0.05) is 73.4 Å². The first-order chi connectivity index (χ1) is 22.2. The molecule has 48 heavy (non-hydrogen) atoms. The summed E-state index contributed by atoms with van der Waals surface area (Å²) in [4.78, 5) is 17.0. The number of nitrogens with zero attached hydrogens (tertiary/aromatic N) is 1. The molecule has 1 N–H and O–H groups in total. The topological polar surface area (TPSA) is 63.3 Å². The van der Waals surface area contributed by atoms with Gasteiger partial charge in [0.05, 0.1) is 0 Å². The molecule has 0 amide bonds. The number of pyridine rings is 1. The minimum Gasteiger partial charge on any atom is -0.512 e. The SMILES string of the molecule is CCC(C)(CC)C(=O)/C=C(\O)C(C)(CC)CC.Cc1cc2cc3c(cc2o1)sc1ccnc(-c2[c-]c4ccsc4c(C(C)(C)C)c2)c13.[Ir].